The van der Waals surface area contributed by atoms with Crippen LogP contribution in [0.1, 0.15) is 11.0 Å². The zero-order valence-corrected chi connectivity index (χ0v) is 26.1. The average molecular weight is 631 g/mol. The van der Waals surface area contributed by atoms with Gasteiger partial charge in [0.1, 0.15) is 11.2 Å². The molecule has 0 aliphatic carbocycles. The molecule has 1 nitrogen and oxygen atoms in total. The van der Waals surface area contributed by atoms with E-state index < -0.39 is 24.2 Å². The highest BCUT2D eigenvalue weighted by molar-refractivity contribution is 6.24. The molecule has 0 radical (unpaired) electrons. The second-order valence-electron chi connectivity index (χ2n) is 12.2. The minimum absolute atomic E-state index is 0.166. The van der Waals surface area contributed by atoms with Crippen molar-refractivity contribution in [2.45, 2.75) is 0 Å². The SMILES string of the molecule is [2H]c1c([2H])c([2H])c2c(-c3ccc4oc5ccc6ccccc6c5c4c3)c3c([2H])c([2H])c([2H])c([2H])c3c(-c3ccc(-c4ccccc4)c(-c4ccccc4)c3)c2c1[2H]. The third-order valence-corrected chi connectivity index (χ3v) is 9.50. The molecule has 0 fully saturated rings. The number of benzene rings is 9. The van der Waals surface area contributed by atoms with Crippen LogP contribution in [0.2, 0.25) is 0 Å². The van der Waals surface area contributed by atoms with Gasteiger partial charge >= 0.3 is 0 Å². The molecular formula is C48H30O. The molecule has 1 heteroatoms. The van der Waals surface area contributed by atoms with Gasteiger partial charge in [-0.25, -0.2) is 0 Å². The highest BCUT2D eigenvalue weighted by Crippen LogP contribution is 2.46. The smallest absolute Gasteiger partial charge is 0.136 e. The summed E-state index contributed by atoms with van der Waals surface area (Å²) in [5.74, 6) is 0. The van der Waals surface area contributed by atoms with Crippen molar-refractivity contribution >= 4 is 54.3 Å². The van der Waals surface area contributed by atoms with Crippen LogP contribution in [0.15, 0.2) is 186 Å². The maximum absolute atomic E-state index is 9.47. The number of hydrogen-bond donors (Lipinski definition) is 0. The zero-order chi connectivity index (χ0) is 39.3. The lowest BCUT2D eigenvalue weighted by molar-refractivity contribution is 0.669. The van der Waals surface area contributed by atoms with Crippen molar-refractivity contribution in [1.82, 2.24) is 0 Å². The van der Waals surface area contributed by atoms with Crippen LogP contribution in [0.4, 0.5) is 0 Å². The molecule has 0 aliphatic heterocycles. The first-order valence-corrected chi connectivity index (χ1v) is 16.2. The van der Waals surface area contributed by atoms with Gasteiger partial charge in [0.05, 0.1) is 11.0 Å². The van der Waals surface area contributed by atoms with Crippen molar-refractivity contribution < 1.29 is 15.4 Å². The van der Waals surface area contributed by atoms with Crippen molar-refractivity contribution in [2.24, 2.45) is 0 Å². The molecule has 0 saturated carbocycles. The van der Waals surface area contributed by atoms with Crippen LogP contribution >= 0.6 is 0 Å². The van der Waals surface area contributed by atoms with E-state index in [9.17, 15) is 5.48 Å². The molecule has 0 amide bonds. The third kappa shape index (κ3) is 4.40. The summed E-state index contributed by atoms with van der Waals surface area (Å²) >= 11 is 0. The Hall–Kier alpha value is -6.44. The van der Waals surface area contributed by atoms with Gasteiger partial charge in [-0.15, -0.1) is 0 Å². The first-order valence-electron chi connectivity index (χ1n) is 20.2. The summed E-state index contributed by atoms with van der Waals surface area (Å²) in [7, 11) is 0. The predicted octanol–water partition coefficient (Wildman–Crippen LogP) is 13.7. The first-order chi connectivity index (χ1) is 27.6. The maximum Gasteiger partial charge on any atom is 0.136 e. The topological polar surface area (TPSA) is 13.1 Å². The zero-order valence-electron chi connectivity index (χ0n) is 34.1. The standard InChI is InChI=1S/C48H30O/c1-3-13-31(14-4-1)36-26-23-34(29-42(36)32-15-5-2-6-16-32)46-38-19-9-11-21-40(38)47(41-22-12-10-20-39(41)46)35-25-27-44-43(30-35)48-37-18-8-7-17-33(37)24-28-45(48)49-44/h1-30H/i9D,10D,11D,12D,19D,20D,21D,22D. The minimum atomic E-state index is -0.440. The number of furan rings is 1. The van der Waals surface area contributed by atoms with Gasteiger partial charge in [0.25, 0.3) is 0 Å². The number of hydrogen-bond acceptors (Lipinski definition) is 1. The highest BCUT2D eigenvalue weighted by atomic mass is 16.3. The summed E-state index contributed by atoms with van der Waals surface area (Å²) in [5.41, 5.74) is 6.67. The Balaban J connectivity index is 1.40. The fraction of sp³-hybridized carbons (Fsp3) is 0. The lowest BCUT2D eigenvalue weighted by Crippen LogP contribution is -1.92. The van der Waals surface area contributed by atoms with Crippen LogP contribution in [0.3, 0.4) is 0 Å². The van der Waals surface area contributed by atoms with Crippen LogP contribution < -0.4 is 0 Å². The van der Waals surface area contributed by atoms with Crippen LogP contribution in [-0.2, 0) is 0 Å². The molecule has 0 aliphatic rings. The van der Waals surface area contributed by atoms with Crippen molar-refractivity contribution in [3.8, 4) is 44.5 Å². The molecular weight excluding hydrogens is 593 g/mol. The van der Waals surface area contributed by atoms with E-state index in [1.165, 1.54) is 0 Å². The Morgan fingerprint density at radius 2 is 0.898 bits per heavy atom. The summed E-state index contributed by atoms with van der Waals surface area (Å²) in [6.07, 6.45) is 0. The van der Waals surface area contributed by atoms with E-state index in [0.717, 1.165) is 43.8 Å². The molecule has 0 bridgehead atoms. The van der Waals surface area contributed by atoms with Crippen molar-refractivity contribution in [1.29, 1.82) is 0 Å². The summed E-state index contributed by atoms with van der Waals surface area (Å²) in [6, 6.07) is 40.1. The van der Waals surface area contributed by atoms with E-state index in [1.54, 1.807) is 6.07 Å². The average Bonchev–Trinajstić information content (AvgIpc) is 3.64. The second kappa shape index (κ2) is 11.1. The normalized spacial score (nSPS) is 14.0. The Labute approximate surface area is 295 Å². The van der Waals surface area contributed by atoms with Crippen LogP contribution in [0, 0.1) is 0 Å². The molecule has 9 aromatic carbocycles. The molecule has 0 atom stereocenters. The maximum atomic E-state index is 9.47. The Morgan fingerprint density at radius 3 is 1.55 bits per heavy atom. The Morgan fingerprint density at radius 1 is 0.367 bits per heavy atom. The van der Waals surface area contributed by atoms with Crippen molar-refractivity contribution in [3.05, 3.63) is 182 Å². The van der Waals surface area contributed by atoms with Gasteiger partial charge in [-0.1, -0.05) is 158 Å². The van der Waals surface area contributed by atoms with E-state index in [4.69, 9.17) is 9.90 Å². The van der Waals surface area contributed by atoms with E-state index >= 15 is 0 Å². The van der Waals surface area contributed by atoms with Gasteiger partial charge in [0.2, 0.25) is 0 Å². The number of fused-ring (bicyclic) bond motifs is 7. The summed E-state index contributed by atoms with van der Waals surface area (Å²) < 4.78 is 79.8. The summed E-state index contributed by atoms with van der Waals surface area (Å²) in [5, 5.41) is 4.33. The molecule has 228 valence electrons. The first kappa shape index (κ1) is 20.7. The van der Waals surface area contributed by atoms with Gasteiger partial charge in [-0.3, -0.25) is 0 Å². The van der Waals surface area contributed by atoms with E-state index in [0.29, 0.717) is 33.4 Å². The van der Waals surface area contributed by atoms with E-state index in [1.807, 2.05) is 127 Å². The molecule has 0 unspecified atom stereocenters. The second-order valence-corrected chi connectivity index (χ2v) is 12.2. The van der Waals surface area contributed by atoms with Gasteiger partial charge < -0.3 is 4.42 Å². The quantitative estimate of drug-likeness (QED) is 0.176. The molecule has 0 N–H and O–H groups in total. The fourth-order valence-electron chi connectivity index (χ4n) is 7.33. The summed E-state index contributed by atoms with van der Waals surface area (Å²) in [4.78, 5) is 0. The molecule has 0 spiro atoms. The van der Waals surface area contributed by atoms with Gasteiger partial charge in [-0.2, -0.15) is 0 Å². The van der Waals surface area contributed by atoms with Gasteiger partial charge in [0.15, 0.2) is 0 Å². The molecule has 1 heterocycles. The van der Waals surface area contributed by atoms with E-state index in [-0.39, 0.29) is 45.7 Å². The van der Waals surface area contributed by atoms with Crippen molar-refractivity contribution in [2.75, 3.05) is 0 Å². The van der Waals surface area contributed by atoms with Gasteiger partial charge in [0, 0.05) is 10.8 Å². The van der Waals surface area contributed by atoms with E-state index in [2.05, 4.69) is 0 Å². The molecule has 0 saturated heterocycles. The third-order valence-electron chi connectivity index (χ3n) is 9.50. The Bertz CT molecular complexity index is 3240. The lowest BCUT2D eigenvalue weighted by atomic mass is 9.84. The minimum Gasteiger partial charge on any atom is -0.456 e. The molecule has 10 rings (SSSR count). The van der Waals surface area contributed by atoms with Crippen LogP contribution in [-0.4, -0.2) is 0 Å². The lowest BCUT2D eigenvalue weighted by Gasteiger charge is -2.19. The molecule has 1 aromatic heterocycles. The fourth-order valence-corrected chi connectivity index (χ4v) is 7.33. The molecule has 49 heavy (non-hydrogen) atoms. The Kier molecular flexibility index (Phi) is 4.69. The number of rotatable bonds is 4. The van der Waals surface area contributed by atoms with Crippen molar-refractivity contribution in [3.63, 3.8) is 0 Å². The monoisotopic (exact) mass is 630 g/mol. The summed E-state index contributed by atoms with van der Waals surface area (Å²) in [6.45, 7) is 0. The largest absolute Gasteiger partial charge is 0.456 e. The predicted molar refractivity (Wildman–Crippen MR) is 208 cm³/mol. The van der Waals surface area contributed by atoms with Crippen LogP contribution in [0.25, 0.3) is 98.8 Å². The molecule has 10 aromatic rings. The van der Waals surface area contributed by atoms with Gasteiger partial charge in [-0.05, 0) is 101 Å². The highest BCUT2D eigenvalue weighted by Gasteiger charge is 2.19. The van der Waals surface area contributed by atoms with Crippen LogP contribution in [0.5, 0.6) is 0 Å².